The first kappa shape index (κ1) is 11.2. The molecule has 88 valence electrons. The number of carbonyl (C=O) groups excluding carboxylic acids is 1. The van der Waals surface area contributed by atoms with Gasteiger partial charge >= 0.3 is 0 Å². The minimum atomic E-state index is 0.00706. The molecule has 1 fully saturated rings. The molecule has 2 heterocycles. The maximum atomic E-state index is 12.0. The quantitative estimate of drug-likeness (QED) is 0.841. The van der Waals surface area contributed by atoms with Crippen molar-refractivity contribution in [2.24, 2.45) is 11.7 Å². The fourth-order valence-electron chi connectivity index (χ4n) is 2.19. The van der Waals surface area contributed by atoms with Crippen molar-refractivity contribution in [1.82, 2.24) is 4.90 Å². The molecule has 0 bridgehead atoms. The molecule has 1 amide bonds. The highest BCUT2D eigenvalue weighted by atomic mass is 16.3. The lowest BCUT2D eigenvalue weighted by atomic mass is 10.1. The van der Waals surface area contributed by atoms with Gasteiger partial charge in [0.05, 0.1) is 0 Å². The van der Waals surface area contributed by atoms with Crippen LogP contribution in [0.3, 0.4) is 0 Å². The maximum Gasteiger partial charge on any atom is 0.289 e. The number of carbonyl (C=O) groups is 1. The van der Waals surface area contributed by atoms with Gasteiger partial charge in [-0.3, -0.25) is 4.79 Å². The van der Waals surface area contributed by atoms with Gasteiger partial charge in [-0.25, -0.2) is 0 Å². The highest BCUT2D eigenvalue weighted by molar-refractivity contribution is 5.91. The molecule has 4 heteroatoms. The molecular formula is C12H18N2O2. The number of aryl methyl sites for hydroxylation is 1. The van der Waals surface area contributed by atoms with Crippen LogP contribution in [0.1, 0.15) is 29.2 Å². The van der Waals surface area contributed by atoms with Crippen molar-refractivity contribution in [3.05, 3.63) is 23.7 Å². The van der Waals surface area contributed by atoms with Crippen molar-refractivity contribution >= 4 is 5.91 Å². The van der Waals surface area contributed by atoms with Crippen molar-refractivity contribution < 1.29 is 9.21 Å². The number of hydrogen-bond donors (Lipinski definition) is 1. The van der Waals surface area contributed by atoms with E-state index >= 15 is 0 Å². The van der Waals surface area contributed by atoms with Gasteiger partial charge in [0.1, 0.15) is 5.76 Å². The summed E-state index contributed by atoms with van der Waals surface area (Å²) in [5.41, 5.74) is 5.52. The average molecular weight is 222 g/mol. The van der Waals surface area contributed by atoms with Crippen LogP contribution in [0, 0.1) is 12.8 Å². The van der Waals surface area contributed by atoms with Crippen molar-refractivity contribution in [1.29, 1.82) is 0 Å². The van der Waals surface area contributed by atoms with Crippen molar-refractivity contribution in [3.8, 4) is 0 Å². The first-order valence-corrected chi connectivity index (χ1v) is 5.76. The normalized spacial score (nSPS) is 20.4. The lowest BCUT2D eigenvalue weighted by Crippen LogP contribution is -2.28. The second-order valence-electron chi connectivity index (χ2n) is 4.39. The molecule has 1 unspecified atom stereocenters. The summed E-state index contributed by atoms with van der Waals surface area (Å²) in [6.07, 6.45) is 2.06. The van der Waals surface area contributed by atoms with Gasteiger partial charge < -0.3 is 15.1 Å². The Morgan fingerprint density at radius 2 is 2.44 bits per heavy atom. The summed E-state index contributed by atoms with van der Waals surface area (Å²) in [5.74, 6) is 1.80. The molecule has 2 N–H and O–H groups in total. The Balaban J connectivity index is 1.97. The summed E-state index contributed by atoms with van der Waals surface area (Å²) < 4.78 is 5.34. The van der Waals surface area contributed by atoms with E-state index in [4.69, 9.17) is 10.2 Å². The molecule has 0 saturated carbocycles. The van der Waals surface area contributed by atoms with Crippen LogP contribution in [0.2, 0.25) is 0 Å². The van der Waals surface area contributed by atoms with E-state index < -0.39 is 0 Å². The highest BCUT2D eigenvalue weighted by Gasteiger charge is 2.27. The zero-order valence-corrected chi connectivity index (χ0v) is 9.61. The molecule has 1 aliphatic rings. The van der Waals surface area contributed by atoms with Crippen molar-refractivity contribution in [3.63, 3.8) is 0 Å². The van der Waals surface area contributed by atoms with Crippen LogP contribution in [-0.2, 0) is 0 Å². The smallest absolute Gasteiger partial charge is 0.289 e. The fraction of sp³-hybridized carbons (Fsp3) is 0.583. The number of nitrogens with zero attached hydrogens (tertiary/aromatic N) is 1. The molecule has 1 aliphatic heterocycles. The summed E-state index contributed by atoms with van der Waals surface area (Å²) in [6, 6.07) is 3.56. The predicted molar refractivity (Wildman–Crippen MR) is 61.1 cm³/mol. The lowest BCUT2D eigenvalue weighted by Gasteiger charge is -2.14. The molecule has 0 radical (unpaired) electrons. The number of amides is 1. The molecule has 0 spiro atoms. The fourth-order valence-corrected chi connectivity index (χ4v) is 2.19. The van der Waals surface area contributed by atoms with Gasteiger partial charge in [0.15, 0.2) is 5.76 Å². The van der Waals surface area contributed by atoms with E-state index in [9.17, 15) is 4.79 Å². The molecule has 0 aliphatic carbocycles. The minimum Gasteiger partial charge on any atom is -0.456 e. The lowest BCUT2D eigenvalue weighted by molar-refractivity contribution is 0.0753. The third kappa shape index (κ3) is 2.27. The van der Waals surface area contributed by atoms with Gasteiger partial charge in [0.2, 0.25) is 0 Å². The van der Waals surface area contributed by atoms with Gasteiger partial charge in [-0.05, 0) is 44.4 Å². The van der Waals surface area contributed by atoms with Crippen LogP contribution >= 0.6 is 0 Å². The third-order valence-electron chi connectivity index (χ3n) is 3.10. The van der Waals surface area contributed by atoms with E-state index in [0.29, 0.717) is 18.2 Å². The SMILES string of the molecule is Cc1ccc(C(=O)N2CCC(CCN)C2)o1. The topological polar surface area (TPSA) is 59.5 Å². The van der Waals surface area contributed by atoms with Crippen LogP contribution in [-0.4, -0.2) is 30.4 Å². The molecule has 1 aromatic rings. The van der Waals surface area contributed by atoms with Crippen molar-refractivity contribution in [2.45, 2.75) is 19.8 Å². The van der Waals surface area contributed by atoms with E-state index in [1.54, 1.807) is 6.07 Å². The van der Waals surface area contributed by atoms with Crippen molar-refractivity contribution in [2.75, 3.05) is 19.6 Å². The Labute approximate surface area is 95.4 Å². The van der Waals surface area contributed by atoms with Gasteiger partial charge in [-0.15, -0.1) is 0 Å². The first-order valence-electron chi connectivity index (χ1n) is 5.76. The Kier molecular flexibility index (Phi) is 3.29. The number of rotatable bonds is 3. The number of furan rings is 1. The van der Waals surface area contributed by atoms with Crippen LogP contribution < -0.4 is 5.73 Å². The Bertz CT molecular complexity index is 373. The van der Waals surface area contributed by atoms with Gasteiger partial charge in [-0.1, -0.05) is 0 Å². The molecular weight excluding hydrogens is 204 g/mol. The number of hydrogen-bond acceptors (Lipinski definition) is 3. The largest absolute Gasteiger partial charge is 0.456 e. The standard InChI is InChI=1S/C12H18N2O2/c1-9-2-3-11(16-9)12(15)14-7-5-10(8-14)4-6-13/h2-3,10H,4-8,13H2,1H3. The summed E-state index contributed by atoms with van der Waals surface area (Å²) in [7, 11) is 0. The molecule has 1 saturated heterocycles. The molecule has 0 aromatic carbocycles. The Morgan fingerprint density at radius 1 is 1.62 bits per heavy atom. The van der Waals surface area contributed by atoms with Gasteiger partial charge in [0.25, 0.3) is 5.91 Å². The third-order valence-corrected chi connectivity index (χ3v) is 3.10. The molecule has 16 heavy (non-hydrogen) atoms. The Morgan fingerprint density at radius 3 is 3.06 bits per heavy atom. The molecule has 1 aromatic heterocycles. The summed E-state index contributed by atoms with van der Waals surface area (Å²) >= 11 is 0. The predicted octanol–water partition coefficient (Wildman–Crippen LogP) is 1.40. The number of nitrogens with two attached hydrogens (primary N) is 1. The second kappa shape index (κ2) is 4.70. The van der Waals surface area contributed by atoms with Crippen LogP contribution in [0.25, 0.3) is 0 Å². The van der Waals surface area contributed by atoms with Gasteiger partial charge in [-0.2, -0.15) is 0 Å². The second-order valence-corrected chi connectivity index (χ2v) is 4.39. The van der Waals surface area contributed by atoms with Crippen LogP contribution in [0.15, 0.2) is 16.5 Å². The van der Waals surface area contributed by atoms with E-state index in [1.807, 2.05) is 17.9 Å². The molecule has 2 rings (SSSR count). The van der Waals surface area contributed by atoms with E-state index in [1.165, 1.54) is 0 Å². The monoisotopic (exact) mass is 222 g/mol. The summed E-state index contributed by atoms with van der Waals surface area (Å²) in [4.78, 5) is 13.9. The first-order chi connectivity index (χ1) is 7.70. The molecule has 1 atom stereocenters. The Hall–Kier alpha value is -1.29. The van der Waals surface area contributed by atoms with Crippen LogP contribution in [0.4, 0.5) is 0 Å². The molecule has 4 nitrogen and oxygen atoms in total. The van der Waals surface area contributed by atoms with Crippen LogP contribution in [0.5, 0.6) is 0 Å². The maximum absolute atomic E-state index is 12.0. The minimum absolute atomic E-state index is 0.00706. The zero-order chi connectivity index (χ0) is 11.5. The summed E-state index contributed by atoms with van der Waals surface area (Å²) in [6.45, 7) is 4.18. The highest BCUT2D eigenvalue weighted by Crippen LogP contribution is 2.21. The van der Waals surface area contributed by atoms with E-state index in [-0.39, 0.29) is 5.91 Å². The zero-order valence-electron chi connectivity index (χ0n) is 9.61. The van der Waals surface area contributed by atoms with E-state index in [2.05, 4.69) is 0 Å². The van der Waals surface area contributed by atoms with Gasteiger partial charge in [0, 0.05) is 13.1 Å². The van der Waals surface area contributed by atoms with E-state index in [0.717, 1.165) is 31.7 Å². The number of likely N-dealkylation sites (tertiary alicyclic amines) is 1. The summed E-state index contributed by atoms with van der Waals surface area (Å²) in [5, 5.41) is 0. The average Bonchev–Trinajstić information content (AvgIpc) is 2.87.